The molecule has 0 radical (unpaired) electrons. The second-order valence-electron chi connectivity index (χ2n) is 5.87. The van der Waals surface area contributed by atoms with Crippen molar-refractivity contribution in [2.24, 2.45) is 0 Å². The highest BCUT2D eigenvalue weighted by Crippen LogP contribution is 2.28. The second kappa shape index (κ2) is 5.72. The van der Waals surface area contributed by atoms with E-state index in [1.807, 2.05) is 30.0 Å². The van der Waals surface area contributed by atoms with Crippen molar-refractivity contribution in [2.75, 3.05) is 6.54 Å². The summed E-state index contributed by atoms with van der Waals surface area (Å²) in [5, 5.41) is 1.76. The molecule has 1 aromatic heterocycles. The van der Waals surface area contributed by atoms with Crippen molar-refractivity contribution in [3.05, 3.63) is 34.5 Å². The number of piperidine rings is 1. The Kier molecular flexibility index (Phi) is 3.94. The van der Waals surface area contributed by atoms with Crippen LogP contribution < -0.4 is 0 Å². The quantitative estimate of drug-likeness (QED) is 0.869. The van der Waals surface area contributed by atoms with Crippen LogP contribution in [0.1, 0.15) is 48.7 Å². The minimum Gasteiger partial charge on any atom is -0.350 e. The minimum absolute atomic E-state index is 0.131. The molecule has 2 aromatic rings. The van der Waals surface area contributed by atoms with E-state index in [1.165, 1.54) is 6.42 Å². The number of aromatic nitrogens is 1. The fraction of sp³-hybridized carbons (Fsp3) is 0.471. The van der Waals surface area contributed by atoms with Gasteiger partial charge in [0.1, 0.15) is 5.69 Å². The van der Waals surface area contributed by atoms with Gasteiger partial charge in [-0.15, -0.1) is 0 Å². The van der Waals surface area contributed by atoms with Gasteiger partial charge in [-0.25, -0.2) is 0 Å². The fourth-order valence-electron chi connectivity index (χ4n) is 3.36. The maximum atomic E-state index is 12.9. The van der Waals surface area contributed by atoms with Crippen molar-refractivity contribution in [1.82, 2.24) is 9.88 Å². The average molecular weight is 305 g/mol. The number of nitrogens with zero attached hydrogens (tertiary/aromatic N) is 1. The van der Waals surface area contributed by atoms with Gasteiger partial charge in [0.15, 0.2) is 0 Å². The van der Waals surface area contributed by atoms with Crippen LogP contribution in [0.2, 0.25) is 5.02 Å². The molecule has 1 amide bonds. The number of likely N-dealkylation sites (tertiary alicyclic amines) is 1. The zero-order valence-electron chi connectivity index (χ0n) is 12.6. The van der Waals surface area contributed by atoms with Crippen molar-refractivity contribution >= 4 is 28.4 Å². The smallest absolute Gasteiger partial charge is 0.270 e. The summed E-state index contributed by atoms with van der Waals surface area (Å²) in [6, 6.07) is 6.11. The number of carbonyl (C=O) groups excluding carboxylic acids is 1. The minimum atomic E-state index is 0.131. The molecule has 1 saturated heterocycles. The molecular formula is C17H21ClN2O. The topological polar surface area (TPSA) is 36.1 Å². The highest BCUT2D eigenvalue weighted by molar-refractivity contribution is 6.31. The molecule has 3 nitrogen and oxygen atoms in total. The van der Waals surface area contributed by atoms with Crippen molar-refractivity contribution in [3.8, 4) is 0 Å². The molecule has 1 atom stereocenters. The van der Waals surface area contributed by atoms with Gasteiger partial charge in [0.05, 0.1) is 0 Å². The molecule has 1 unspecified atom stereocenters. The van der Waals surface area contributed by atoms with Crippen LogP contribution in [0, 0.1) is 6.92 Å². The van der Waals surface area contributed by atoms with Crippen LogP contribution in [-0.4, -0.2) is 28.4 Å². The zero-order chi connectivity index (χ0) is 15.0. The summed E-state index contributed by atoms with van der Waals surface area (Å²) in [4.78, 5) is 18.2. The van der Waals surface area contributed by atoms with Gasteiger partial charge in [0.25, 0.3) is 5.91 Å². The first kappa shape index (κ1) is 14.5. The number of nitrogens with one attached hydrogen (secondary N) is 1. The number of hydrogen-bond donors (Lipinski definition) is 1. The molecule has 3 rings (SSSR count). The van der Waals surface area contributed by atoms with Crippen molar-refractivity contribution < 1.29 is 4.79 Å². The lowest BCUT2D eigenvalue weighted by molar-refractivity contribution is 0.0602. The lowest BCUT2D eigenvalue weighted by atomic mass is 9.99. The lowest BCUT2D eigenvalue weighted by Crippen LogP contribution is -2.43. The maximum Gasteiger partial charge on any atom is 0.270 e. The molecule has 112 valence electrons. The molecule has 0 aliphatic carbocycles. The SMILES string of the molecule is CCC1CCCCN1C(=O)c1[nH]c2cc(Cl)ccc2c1C. The summed E-state index contributed by atoms with van der Waals surface area (Å²) in [7, 11) is 0. The van der Waals surface area contributed by atoms with Crippen LogP contribution in [0.3, 0.4) is 0 Å². The standard InChI is InChI=1S/C17H21ClN2O/c1-3-13-6-4-5-9-20(13)17(21)16-11(2)14-8-7-12(18)10-15(14)19-16/h7-8,10,13,19H,3-6,9H2,1-2H3. The van der Waals surface area contributed by atoms with E-state index in [0.717, 1.165) is 42.3 Å². The van der Waals surface area contributed by atoms with Gasteiger partial charge >= 0.3 is 0 Å². The van der Waals surface area contributed by atoms with Crippen LogP contribution in [-0.2, 0) is 0 Å². The zero-order valence-corrected chi connectivity index (χ0v) is 13.3. The van der Waals surface area contributed by atoms with E-state index >= 15 is 0 Å². The highest BCUT2D eigenvalue weighted by atomic mass is 35.5. The van der Waals surface area contributed by atoms with E-state index in [1.54, 1.807) is 0 Å². The number of H-pyrrole nitrogens is 1. The normalized spacial score (nSPS) is 19.2. The number of rotatable bonds is 2. The number of hydrogen-bond acceptors (Lipinski definition) is 1. The predicted octanol–water partition coefficient (Wildman–Crippen LogP) is 4.53. The molecule has 4 heteroatoms. The van der Waals surface area contributed by atoms with Crippen molar-refractivity contribution in [3.63, 3.8) is 0 Å². The average Bonchev–Trinajstić information content (AvgIpc) is 2.82. The molecule has 0 bridgehead atoms. The number of amides is 1. The Morgan fingerprint density at radius 3 is 3.00 bits per heavy atom. The summed E-state index contributed by atoms with van der Waals surface area (Å²) < 4.78 is 0. The van der Waals surface area contributed by atoms with Crippen LogP contribution in [0.4, 0.5) is 0 Å². The van der Waals surface area contributed by atoms with Gasteiger partial charge < -0.3 is 9.88 Å². The molecule has 1 fully saturated rings. The first-order chi connectivity index (χ1) is 10.1. The van der Waals surface area contributed by atoms with Crippen molar-refractivity contribution in [1.29, 1.82) is 0 Å². The first-order valence-electron chi connectivity index (χ1n) is 7.70. The first-order valence-corrected chi connectivity index (χ1v) is 8.08. The van der Waals surface area contributed by atoms with E-state index < -0.39 is 0 Å². The maximum absolute atomic E-state index is 12.9. The summed E-state index contributed by atoms with van der Waals surface area (Å²) >= 11 is 6.04. The largest absolute Gasteiger partial charge is 0.350 e. The van der Waals surface area contributed by atoms with Gasteiger partial charge in [0.2, 0.25) is 0 Å². The van der Waals surface area contributed by atoms with E-state index in [0.29, 0.717) is 16.8 Å². The van der Waals surface area contributed by atoms with E-state index in [-0.39, 0.29) is 5.91 Å². The molecule has 0 saturated carbocycles. The van der Waals surface area contributed by atoms with Crippen LogP contribution in [0.15, 0.2) is 18.2 Å². The second-order valence-corrected chi connectivity index (χ2v) is 6.31. The summed E-state index contributed by atoms with van der Waals surface area (Å²) in [6.07, 6.45) is 4.47. The summed E-state index contributed by atoms with van der Waals surface area (Å²) in [5.74, 6) is 0.131. The Bertz CT molecular complexity index is 677. The van der Waals surface area contributed by atoms with Crippen LogP contribution in [0.25, 0.3) is 10.9 Å². The molecule has 21 heavy (non-hydrogen) atoms. The third-order valence-electron chi connectivity index (χ3n) is 4.59. The van der Waals surface area contributed by atoms with E-state index in [2.05, 4.69) is 11.9 Å². The summed E-state index contributed by atoms with van der Waals surface area (Å²) in [6.45, 7) is 5.03. The Morgan fingerprint density at radius 1 is 1.43 bits per heavy atom. The fourth-order valence-corrected chi connectivity index (χ4v) is 3.53. The molecule has 0 spiro atoms. The summed E-state index contributed by atoms with van der Waals surface area (Å²) in [5.41, 5.74) is 2.67. The third kappa shape index (κ3) is 2.55. The Hall–Kier alpha value is -1.48. The predicted molar refractivity (Wildman–Crippen MR) is 87.0 cm³/mol. The third-order valence-corrected chi connectivity index (χ3v) is 4.83. The molecule has 2 heterocycles. The van der Waals surface area contributed by atoms with Crippen LogP contribution in [0.5, 0.6) is 0 Å². The molecule has 1 aliphatic heterocycles. The molecule has 1 aliphatic rings. The Morgan fingerprint density at radius 2 is 2.24 bits per heavy atom. The van der Waals surface area contributed by atoms with Gasteiger partial charge in [-0.3, -0.25) is 4.79 Å². The van der Waals surface area contributed by atoms with Gasteiger partial charge in [0, 0.05) is 28.5 Å². The Labute approximate surface area is 130 Å². The van der Waals surface area contributed by atoms with Gasteiger partial charge in [-0.05, 0) is 50.3 Å². The lowest BCUT2D eigenvalue weighted by Gasteiger charge is -2.35. The monoisotopic (exact) mass is 304 g/mol. The Balaban J connectivity index is 1.99. The number of fused-ring (bicyclic) bond motifs is 1. The van der Waals surface area contributed by atoms with Gasteiger partial charge in [-0.2, -0.15) is 0 Å². The molecular weight excluding hydrogens is 284 g/mol. The number of aromatic amines is 1. The number of aryl methyl sites for hydroxylation is 1. The number of carbonyl (C=O) groups is 1. The van der Waals surface area contributed by atoms with E-state index in [4.69, 9.17) is 11.6 Å². The molecule has 1 N–H and O–H groups in total. The van der Waals surface area contributed by atoms with Crippen LogP contribution >= 0.6 is 11.6 Å². The molecule has 1 aromatic carbocycles. The number of halogens is 1. The van der Waals surface area contributed by atoms with Crippen molar-refractivity contribution in [2.45, 2.75) is 45.6 Å². The van der Waals surface area contributed by atoms with Gasteiger partial charge in [-0.1, -0.05) is 24.6 Å². The number of benzene rings is 1. The highest BCUT2D eigenvalue weighted by Gasteiger charge is 2.28. The van der Waals surface area contributed by atoms with E-state index in [9.17, 15) is 4.79 Å².